The van der Waals surface area contributed by atoms with Crippen molar-refractivity contribution in [3.8, 4) is 11.5 Å². The molecule has 0 bridgehead atoms. The van der Waals surface area contributed by atoms with Gasteiger partial charge < -0.3 is 19.3 Å². The Morgan fingerprint density at radius 3 is 1.47 bits per heavy atom. The fraction of sp³-hybridized carbons (Fsp3) is 0.250. The van der Waals surface area contributed by atoms with Gasteiger partial charge in [-0.2, -0.15) is 0 Å². The van der Waals surface area contributed by atoms with Crippen molar-refractivity contribution in [3.63, 3.8) is 0 Å². The van der Waals surface area contributed by atoms with Gasteiger partial charge in [0.1, 0.15) is 11.5 Å². The number of hydrogen-bond donors (Lipinski definition) is 2. The highest BCUT2D eigenvalue weighted by Gasteiger charge is 2.28. The second-order valence-corrected chi connectivity index (χ2v) is 7.38. The van der Waals surface area contributed by atoms with E-state index in [4.69, 9.17) is 0 Å². The van der Waals surface area contributed by atoms with Crippen molar-refractivity contribution in [2.75, 3.05) is 0 Å². The lowest BCUT2D eigenvalue weighted by molar-refractivity contribution is 0.457. The van der Waals surface area contributed by atoms with Crippen LogP contribution in [0.4, 0.5) is 0 Å². The summed E-state index contributed by atoms with van der Waals surface area (Å²) in [6.45, 7) is 6.23. The number of pyridine rings is 2. The topological polar surface area (TPSA) is 84.5 Å². The van der Waals surface area contributed by atoms with Crippen LogP contribution in [0.1, 0.15) is 37.8 Å². The molecule has 0 unspecified atom stereocenters. The summed E-state index contributed by atoms with van der Waals surface area (Å²) in [6.07, 6.45) is 0. The van der Waals surface area contributed by atoms with Gasteiger partial charge >= 0.3 is 0 Å². The maximum Gasteiger partial charge on any atom is 0.258 e. The van der Waals surface area contributed by atoms with Gasteiger partial charge in [-0.1, -0.05) is 31.2 Å². The van der Waals surface area contributed by atoms with E-state index in [2.05, 4.69) is 0 Å². The Bertz CT molecular complexity index is 1290. The van der Waals surface area contributed by atoms with E-state index in [1.165, 1.54) is 0 Å². The molecule has 2 N–H and O–H groups in total. The first-order valence-electron chi connectivity index (χ1n) is 10.1. The van der Waals surface area contributed by atoms with Crippen LogP contribution in [0.2, 0.25) is 0 Å². The van der Waals surface area contributed by atoms with E-state index < -0.39 is 5.92 Å². The lowest BCUT2D eigenvalue weighted by atomic mass is 9.91. The van der Waals surface area contributed by atoms with Crippen molar-refractivity contribution < 1.29 is 10.2 Å². The van der Waals surface area contributed by atoms with Gasteiger partial charge in [0.05, 0.1) is 22.2 Å². The van der Waals surface area contributed by atoms with E-state index in [-0.39, 0.29) is 33.7 Å². The second kappa shape index (κ2) is 7.37. The summed E-state index contributed by atoms with van der Waals surface area (Å²) < 4.78 is 3.16. The third kappa shape index (κ3) is 2.71. The molecule has 2 aromatic heterocycles. The first kappa shape index (κ1) is 19.8. The van der Waals surface area contributed by atoms with Crippen molar-refractivity contribution in [1.82, 2.24) is 9.13 Å². The van der Waals surface area contributed by atoms with Crippen LogP contribution in [0.25, 0.3) is 21.8 Å². The average Bonchev–Trinajstić information content (AvgIpc) is 2.75. The number of fused-ring (bicyclic) bond motifs is 2. The van der Waals surface area contributed by atoms with Crippen molar-refractivity contribution in [1.29, 1.82) is 0 Å². The molecule has 0 fully saturated rings. The quantitative estimate of drug-likeness (QED) is 0.540. The number of aromatic hydroxyl groups is 2. The molecule has 0 radical (unpaired) electrons. The van der Waals surface area contributed by atoms with E-state index in [0.29, 0.717) is 34.9 Å². The van der Waals surface area contributed by atoms with Crippen LogP contribution in [-0.2, 0) is 13.1 Å². The minimum atomic E-state index is -0.796. The zero-order chi connectivity index (χ0) is 21.6. The Morgan fingerprint density at radius 2 is 1.10 bits per heavy atom. The number of aromatic nitrogens is 2. The molecule has 0 atom stereocenters. The van der Waals surface area contributed by atoms with E-state index in [9.17, 15) is 19.8 Å². The van der Waals surface area contributed by atoms with Gasteiger partial charge in [-0.15, -0.1) is 0 Å². The highest BCUT2D eigenvalue weighted by molar-refractivity contribution is 5.88. The maximum absolute atomic E-state index is 13.3. The summed E-state index contributed by atoms with van der Waals surface area (Å²) >= 11 is 0. The van der Waals surface area contributed by atoms with Crippen LogP contribution in [-0.4, -0.2) is 19.3 Å². The van der Waals surface area contributed by atoms with Crippen LogP contribution in [0.5, 0.6) is 11.5 Å². The summed E-state index contributed by atoms with van der Waals surface area (Å²) in [5.41, 5.74) is 0.758. The van der Waals surface area contributed by atoms with Crippen molar-refractivity contribution in [2.24, 2.45) is 0 Å². The monoisotopic (exact) mass is 404 g/mol. The highest BCUT2D eigenvalue weighted by Crippen LogP contribution is 2.38. The van der Waals surface area contributed by atoms with Crippen LogP contribution < -0.4 is 11.1 Å². The van der Waals surface area contributed by atoms with Gasteiger partial charge in [0.15, 0.2) is 0 Å². The molecule has 0 saturated heterocycles. The number of nitrogens with zero attached hydrogens (tertiary/aromatic N) is 2. The van der Waals surface area contributed by atoms with Crippen LogP contribution in [0.3, 0.4) is 0 Å². The smallest absolute Gasteiger partial charge is 0.258 e. The summed E-state index contributed by atoms with van der Waals surface area (Å²) in [6, 6.07) is 14.3. The Morgan fingerprint density at radius 1 is 0.733 bits per heavy atom. The first-order chi connectivity index (χ1) is 14.4. The molecule has 30 heavy (non-hydrogen) atoms. The molecule has 2 heterocycles. The molecule has 0 aliphatic carbocycles. The largest absolute Gasteiger partial charge is 0.507 e. The molecule has 6 nitrogen and oxygen atoms in total. The van der Waals surface area contributed by atoms with Gasteiger partial charge in [-0.25, -0.2) is 0 Å². The van der Waals surface area contributed by atoms with E-state index in [0.717, 1.165) is 0 Å². The highest BCUT2D eigenvalue weighted by atomic mass is 16.3. The van der Waals surface area contributed by atoms with Gasteiger partial charge in [0.25, 0.3) is 11.1 Å². The first-order valence-corrected chi connectivity index (χ1v) is 10.1. The standard InChI is InChI=1S/C24H24N2O4/c1-4-25-17-12-8-6-10-15(17)21(27)19(23(25)29)14(3)20-22(28)16-11-7-9-13-18(16)26(5-2)24(20)30/h6-14,27-28H,4-5H2,1-3H3. The Hall–Kier alpha value is -3.54. The lowest BCUT2D eigenvalue weighted by Gasteiger charge is -2.20. The number of rotatable bonds is 4. The molecule has 0 saturated carbocycles. The molecule has 4 rings (SSSR count). The fourth-order valence-corrected chi connectivity index (χ4v) is 4.37. The summed E-state index contributed by atoms with van der Waals surface area (Å²) in [5, 5.41) is 23.1. The van der Waals surface area contributed by atoms with Crippen molar-refractivity contribution in [2.45, 2.75) is 39.8 Å². The summed E-state index contributed by atoms with van der Waals surface area (Å²) in [7, 11) is 0. The molecule has 6 heteroatoms. The zero-order valence-corrected chi connectivity index (χ0v) is 17.2. The molecular formula is C24H24N2O4. The van der Waals surface area contributed by atoms with E-state index in [1.807, 2.05) is 26.0 Å². The molecule has 0 aliphatic heterocycles. The predicted molar refractivity (Wildman–Crippen MR) is 119 cm³/mol. The molecule has 4 aromatic rings. The van der Waals surface area contributed by atoms with Crippen molar-refractivity contribution >= 4 is 21.8 Å². The number of aryl methyl sites for hydroxylation is 2. The number of hydrogen-bond acceptors (Lipinski definition) is 4. The minimum Gasteiger partial charge on any atom is -0.507 e. The molecule has 0 spiro atoms. The molecule has 154 valence electrons. The predicted octanol–water partition coefficient (Wildman–Crippen LogP) is 3.92. The van der Waals surface area contributed by atoms with Gasteiger partial charge in [-0.05, 0) is 38.1 Å². The lowest BCUT2D eigenvalue weighted by Crippen LogP contribution is -2.30. The Kier molecular flexibility index (Phi) is 4.86. The Labute approximate surface area is 173 Å². The van der Waals surface area contributed by atoms with Crippen LogP contribution >= 0.6 is 0 Å². The zero-order valence-electron chi connectivity index (χ0n) is 17.2. The third-order valence-electron chi connectivity index (χ3n) is 5.86. The van der Waals surface area contributed by atoms with Gasteiger partial charge in [0.2, 0.25) is 0 Å². The number of para-hydroxylation sites is 2. The SMILES string of the molecule is CCn1c(=O)c(C(C)c2c(O)c3ccccc3n(CC)c2=O)c(O)c2ccccc21. The summed E-state index contributed by atoms with van der Waals surface area (Å²) in [5.74, 6) is -1.10. The second-order valence-electron chi connectivity index (χ2n) is 7.38. The van der Waals surface area contributed by atoms with Crippen LogP contribution in [0.15, 0.2) is 58.1 Å². The minimum absolute atomic E-state index is 0.112. The van der Waals surface area contributed by atoms with E-state index in [1.54, 1.807) is 52.5 Å². The molecular weight excluding hydrogens is 380 g/mol. The summed E-state index contributed by atoms with van der Waals surface area (Å²) in [4.78, 5) is 26.6. The normalized spacial score (nSPS) is 11.6. The van der Waals surface area contributed by atoms with E-state index >= 15 is 0 Å². The van der Waals surface area contributed by atoms with Gasteiger partial charge in [0, 0.05) is 29.8 Å². The molecule has 0 amide bonds. The third-order valence-corrected chi connectivity index (χ3v) is 5.86. The average molecular weight is 404 g/mol. The maximum atomic E-state index is 13.3. The molecule has 0 aliphatic rings. The van der Waals surface area contributed by atoms with Crippen molar-refractivity contribution in [3.05, 3.63) is 80.4 Å². The fourth-order valence-electron chi connectivity index (χ4n) is 4.37. The van der Waals surface area contributed by atoms with Crippen LogP contribution in [0, 0.1) is 0 Å². The van der Waals surface area contributed by atoms with Gasteiger partial charge in [-0.3, -0.25) is 9.59 Å². The number of benzene rings is 2. The Balaban J connectivity index is 2.10. The molecule has 2 aromatic carbocycles.